The zero-order chi connectivity index (χ0) is 18.3. The third-order valence-corrected chi connectivity index (χ3v) is 4.02. The summed E-state index contributed by atoms with van der Waals surface area (Å²) < 4.78 is 17.0. The van der Waals surface area contributed by atoms with Gasteiger partial charge in [0.05, 0.1) is 25.9 Å². The molecule has 0 bridgehead atoms. The van der Waals surface area contributed by atoms with Gasteiger partial charge in [0.25, 0.3) is 0 Å². The Morgan fingerprint density at radius 2 is 1.92 bits per heavy atom. The number of hydrogen-bond donors (Lipinski definition) is 2. The second kappa shape index (κ2) is 10.8. The normalized spacial score (nSPS) is 15.5. The number of methoxy groups -OCH3 is 1. The Labute approximate surface area is 174 Å². The zero-order valence-corrected chi connectivity index (χ0v) is 18.8. The van der Waals surface area contributed by atoms with Crippen molar-refractivity contribution in [1.82, 2.24) is 5.32 Å². The molecule has 1 aliphatic heterocycles. The molecular weight excluding hydrogens is 445 g/mol. The van der Waals surface area contributed by atoms with Crippen LogP contribution in [0, 0.1) is 5.41 Å². The van der Waals surface area contributed by atoms with E-state index in [4.69, 9.17) is 14.2 Å². The van der Waals surface area contributed by atoms with E-state index in [1.54, 1.807) is 7.11 Å². The highest BCUT2D eigenvalue weighted by Gasteiger charge is 2.24. The molecule has 148 valence electrons. The highest BCUT2D eigenvalue weighted by molar-refractivity contribution is 14.0. The molecule has 2 rings (SSSR count). The van der Waals surface area contributed by atoms with Crippen molar-refractivity contribution in [2.75, 3.05) is 38.7 Å². The van der Waals surface area contributed by atoms with Crippen molar-refractivity contribution in [2.24, 2.45) is 10.4 Å². The van der Waals surface area contributed by atoms with Crippen LogP contribution in [0.5, 0.6) is 11.5 Å². The maximum atomic E-state index is 5.75. The number of guanidine groups is 1. The topological polar surface area (TPSA) is 64.1 Å². The lowest BCUT2D eigenvalue weighted by Crippen LogP contribution is -2.35. The van der Waals surface area contributed by atoms with Gasteiger partial charge in [0.2, 0.25) is 0 Å². The van der Waals surface area contributed by atoms with Gasteiger partial charge in [-0.25, -0.2) is 0 Å². The molecule has 0 saturated carbocycles. The smallest absolute Gasteiger partial charge is 0.195 e. The van der Waals surface area contributed by atoms with E-state index >= 15 is 0 Å². The summed E-state index contributed by atoms with van der Waals surface area (Å²) in [6, 6.07) is 5.85. The highest BCUT2D eigenvalue weighted by atomic mass is 127. The van der Waals surface area contributed by atoms with E-state index in [1.165, 1.54) is 0 Å². The van der Waals surface area contributed by atoms with Crippen molar-refractivity contribution in [3.05, 3.63) is 18.2 Å². The fraction of sp³-hybridized carbons (Fsp3) is 0.632. The Morgan fingerprint density at radius 3 is 2.54 bits per heavy atom. The summed E-state index contributed by atoms with van der Waals surface area (Å²) >= 11 is 0. The third-order valence-electron chi connectivity index (χ3n) is 4.02. The van der Waals surface area contributed by atoms with E-state index in [0.717, 1.165) is 36.1 Å². The van der Waals surface area contributed by atoms with Gasteiger partial charge in [0.15, 0.2) is 17.5 Å². The van der Waals surface area contributed by atoms with Gasteiger partial charge in [0, 0.05) is 31.8 Å². The maximum Gasteiger partial charge on any atom is 0.195 e. The lowest BCUT2D eigenvalue weighted by Gasteiger charge is -2.28. The van der Waals surface area contributed by atoms with Crippen LogP contribution < -0.4 is 20.1 Å². The number of rotatable bonds is 5. The van der Waals surface area contributed by atoms with E-state index in [0.29, 0.717) is 19.8 Å². The Bertz CT molecular complexity index is 588. The van der Waals surface area contributed by atoms with E-state index < -0.39 is 0 Å². The molecule has 26 heavy (non-hydrogen) atoms. The fourth-order valence-corrected chi connectivity index (χ4v) is 2.56. The van der Waals surface area contributed by atoms with Crippen LogP contribution in [-0.2, 0) is 4.74 Å². The molecule has 6 nitrogen and oxygen atoms in total. The summed E-state index contributed by atoms with van der Waals surface area (Å²) in [6.45, 7) is 11.2. The predicted molar refractivity (Wildman–Crippen MR) is 117 cm³/mol. The molecule has 0 saturated heterocycles. The quantitative estimate of drug-likeness (QED) is 0.383. The minimum Gasteiger partial charge on any atom is -0.490 e. The van der Waals surface area contributed by atoms with Gasteiger partial charge in [-0.15, -0.1) is 24.0 Å². The average molecular weight is 477 g/mol. The molecule has 1 aromatic rings. The van der Waals surface area contributed by atoms with Gasteiger partial charge in [-0.2, -0.15) is 0 Å². The Kier molecular flexibility index (Phi) is 9.49. The van der Waals surface area contributed by atoms with Crippen molar-refractivity contribution in [3.8, 4) is 11.5 Å². The fourth-order valence-electron chi connectivity index (χ4n) is 2.56. The number of fused-ring (bicyclic) bond motifs is 1. The highest BCUT2D eigenvalue weighted by Crippen LogP contribution is 2.32. The second-order valence-electron chi connectivity index (χ2n) is 7.15. The molecule has 0 aromatic heterocycles. The van der Waals surface area contributed by atoms with Crippen LogP contribution in [0.25, 0.3) is 0 Å². The number of nitrogens with one attached hydrogen (secondary N) is 2. The summed E-state index contributed by atoms with van der Waals surface area (Å²) in [4.78, 5) is 4.67. The molecule has 1 atom stereocenters. The Morgan fingerprint density at radius 1 is 1.23 bits per heavy atom. The number of nitrogens with zero attached hydrogens (tertiary/aromatic N) is 1. The van der Waals surface area contributed by atoms with Crippen LogP contribution in [-0.4, -0.2) is 45.5 Å². The van der Waals surface area contributed by atoms with E-state index in [9.17, 15) is 0 Å². The Hall–Kier alpha value is -1.22. The second-order valence-corrected chi connectivity index (χ2v) is 7.15. The molecule has 0 radical (unpaired) electrons. The van der Waals surface area contributed by atoms with Gasteiger partial charge >= 0.3 is 0 Å². The third kappa shape index (κ3) is 6.83. The lowest BCUT2D eigenvalue weighted by atomic mass is 9.89. The summed E-state index contributed by atoms with van der Waals surface area (Å²) in [6.07, 6.45) is 0.943. The van der Waals surface area contributed by atoms with Gasteiger partial charge in [-0.05, 0) is 24.5 Å². The van der Waals surface area contributed by atoms with E-state index in [1.807, 2.05) is 25.1 Å². The largest absolute Gasteiger partial charge is 0.490 e. The van der Waals surface area contributed by atoms with Gasteiger partial charge in [-0.3, -0.25) is 4.99 Å². The van der Waals surface area contributed by atoms with Crippen LogP contribution >= 0.6 is 24.0 Å². The number of aliphatic imine (C=N–C) groups is 1. The van der Waals surface area contributed by atoms with Gasteiger partial charge in [0.1, 0.15) is 0 Å². The zero-order valence-electron chi connectivity index (χ0n) is 16.4. The first-order valence-corrected chi connectivity index (χ1v) is 8.92. The van der Waals surface area contributed by atoms with Crippen molar-refractivity contribution in [1.29, 1.82) is 0 Å². The number of hydrogen-bond acceptors (Lipinski definition) is 4. The summed E-state index contributed by atoms with van der Waals surface area (Å²) in [7, 11) is 1.73. The standard InChI is InChI=1S/C19H31N3O3.HI/c1-6-20-18(21-13-17(23-5)19(2,3)4)22-14-8-9-15-16(12-14)25-11-7-10-24-15;/h8-9,12,17H,6-7,10-11,13H2,1-5H3,(H2,20,21,22);1H. The first kappa shape index (κ1) is 22.8. The molecule has 7 heteroatoms. The average Bonchev–Trinajstić information content (AvgIpc) is 2.79. The Balaban J connectivity index is 0.00000338. The van der Waals surface area contributed by atoms with Crippen molar-refractivity contribution < 1.29 is 14.2 Å². The minimum absolute atomic E-state index is 0. The molecule has 0 amide bonds. The molecule has 0 spiro atoms. The van der Waals surface area contributed by atoms with Crippen molar-refractivity contribution in [3.63, 3.8) is 0 Å². The minimum atomic E-state index is 0. The lowest BCUT2D eigenvalue weighted by molar-refractivity contribution is 0.0241. The summed E-state index contributed by atoms with van der Waals surface area (Å²) in [5.74, 6) is 2.28. The molecule has 1 aromatic carbocycles. The van der Waals surface area contributed by atoms with Crippen LogP contribution in [0.15, 0.2) is 23.2 Å². The number of benzene rings is 1. The molecule has 1 unspecified atom stereocenters. The predicted octanol–water partition coefficient (Wildman–Crippen LogP) is 3.90. The summed E-state index contributed by atoms with van der Waals surface area (Å²) in [5, 5.41) is 6.59. The molecule has 2 N–H and O–H groups in total. The number of halogens is 1. The number of anilines is 1. The monoisotopic (exact) mass is 477 g/mol. The summed E-state index contributed by atoms with van der Waals surface area (Å²) in [5.41, 5.74) is 0.943. The SMILES string of the molecule is CCNC(=NCC(OC)C(C)(C)C)Nc1ccc2c(c1)OCCCO2.I. The molecule has 0 aliphatic carbocycles. The first-order valence-electron chi connectivity index (χ1n) is 8.92. The first-order chi connectivity index (χ1) is 11.9. The van der Waals surface area contributed by atoms with Crippen LogP contribution in [0.3, 0.4) is 0 Å². The molecule has 1 heterocycles. The van der Waals surface area contributed by atoms with Crippen LogP contribution in [0.1, 0.15) is 34.1 Å². The van der Waals surface area contributed by atoms with Gasteiger partial charge in [-0.1, -0.05) is 20.8 Å². The van der Waals surface area contributed by atoms with E-state index in [-0.39, 0.29) is 35.5 Å². The van der Waals surface area contributed by atoms with Crippen LogP contribution in [0.2, 0.25) is 0 Å². The molecular formula is C19H32IN3O3. The molecule has 0 fully saturated rings. The maximum absolute atomic E-state index is 5.75. The van der Waals surface area contributed by atoms with Crippen LogP contribution in [0.4, 0.5) is 5.69 Å². The molecule has 1 aliphatic rings. The van der Waals surface area contributed by atoms with Crippen molar-refractivity contribution in [2.45, 2.75) is 40.2 Å². The van der Waals surface area contributed by atoms with Gasteiger partial charge < -0.3 is 24.8 Å². The van der Waals surface area contributed by atoms with E-state index in [2.05, 4.69) is 36.4 Å². The number of ether oxygens (including phenoxy) is 3. The van der Waals surface area contributed by atoms with Crippen molar-refractivity contribution >= 4 is 35.6 Å².